The lowest BCUT2D eigenvalue weighted by Crippen LogP contribution is -2.17. The van der Waals surface area contributed by atoms with Gasteiger partial charge in [0.15, 0.2) is 6.61 Å². The maximum Gasteiger partial charge on any atom is 0.344 e. The van der Waals surface area contributed by atoms with Crippen molar-refractivity contribution in [1.82, 2.24) is 0 Å². The summed E-state index contributed by atoms with van der Waals surface area (Å²) in [6, 6.07) is 5.06. The van der Waals surface area contributed by atoms with Crippen molar-refractivity contribution < 1.29 is 23.8 Å². The van der Waals surface area contributed by atoms with Crippen LogP contribution in [0.3, 0.4) is 0 Å². The Morgan fingerprint density at radius 1 is 1.33 bits per heavy atom. The predicted octanol–water partition coefficient (Wildman–Crippen LogP) is -0.327. The molecule has 0 amide bonds. The number of methoxy groups -OCH3 is 1. The maximum absolute atomic E-state index is 11.5. The molecule has 0 unspecified atom stereocenters. The Morgan fingerprint density at radius 3 is 2.67 bits per heavy atom. The normalized spacial score (nSPS) is 9.67. The second kappa shape index (κ2) is 6.69. The Balaban J connectivity index is 2.81. The van der Waals surface area contributed by atoms with Gasteiger partial charge in [-0.3, -0.25) is 0 Å². The molecule has 0 radical (unpaired) electrons. The zero-order valence-electron chi connectivity index (χ0n) is 10.7. The van der Waals surface area contributed by atoms with Gasteiger partial charge in [0.1, 0.15) is 19.2 Å². The highest BCUT2D eigenvalue weighted by atomic mass is 16.6. The van der Waals surface area contributed by atoms with Crippen molar-refractivity contribution in [2.24, 2.45) is 0 Å². The molecular formula is C12H15BO5. The molecule has 6 heteroatoms. The molecule has 0 heterocycles. The van der Waals surface area contributed by atoms with Crippen molar-refractivity contribution in [2.45, 2.75) is 6.92 Å². The fraction of sp³-hybridized carbons (Fsp3) is 0.333. The van der Waals surface area contributed by atoms with Crippen molar-refractivity contribution in [3.63, 3.8) is 0 Å². The zero-order valence-corrected chi connectivity index (χ0v) is 10.7. The number of rotatable bonds is 5. The van der Waals surface area contributed by atoms with E-state index in [4.69, 9.17) is 9.47 Å². The van der Waals surface area contributed by atoms with Gasteiger partial charge in [-0.2, -0.15) is 0 Å². The van der Waals surface area contributed by atoms with Gasteiger partial charge >= 0.3 is 11.9 Å². The van der Waals surface area contributed by atoms with Gasteiger partial charge in [-0.15, -0.1) is 0 Å². The van der Waals surface area contributed by atoms with Crippen LogP contribution in [0.15, 0.2) is 18.2 Å². The van der Waals surface area contributed by atoms with Crippen molar-refractivity contribution in [2.75, 3.05) is 20.3 Å². The van der Waals surface area contributed by atoms with Crippen molar-refractivity contribution in [1.29, 1.82) is 0 Å². The number of carbonyl (C=O) groups is 2. The molecule has 0 fully saturated rings. The summed E-state index contributed by atoms with van der Waals surface area (Å²) >= 11 is 0. The third-order valence-electron chi connectivity index (χ3n) is 2.19. The highest BCUT2D eigenvalue weighted by molar-refractivity contribution is 6.32. The lowest BCUT2D eigenvalue weighted by atomic mass is 9.94. The Morgan fingerprint density at radius 2 is 2.06 bits per heavy atom. The predicted molar refractivity (Wildman–Crippen MR) is 68.1 cm³/mol. The Bertz CT molecular complexity index is 444. The third kappa shape index (κ3) is 3.80. The summed E-state index contributed by atoms with van der Waals surface area (Å²) in [6.45, 7) is 1.77. The largest absolute Gasteiger partial charge is 0.481 e. The van der Waals surface area contributed by atoms with Crippen LogP contribution in [-0.2, 0) is 14.3 Å². The van der Waals surface area contributed by atoms with Gasteiger partial charge < -0.3 is 14.2 Å². The van der Waals surface area contributed by atoms with Crippen LogP contribution in [0.4, 0.5) is 0 Å². The SMILES string of the molecule is Bc1ccc(OCC(=O)OCC)c(C(=O)OC)c1. The second-order valence-corrected chi connectivity index (χ2v) is 3.58. The molecule has 1 aromatic carbocycles. The third-order valence-corrected chi connectivity index (χ3v) is 2.19. The smallest absolute Gasteiger partial charge is 0.344 e. The summed E-state index contributed by atoms with van der Waals surface area (Å²) in [5.74, 6) is -0.674. The van der Waals surface area contributed by atoms with Crippen molar-refractivity contribution in [3.8, 4) is 5.75 Å². The molecular weight excluding hydrogens is 235 g/mol. The molecule has 0 N–H and O–H groups in total. The lowest BCUT2D eigenvalue weighted by molar-refractivity contribution is -0.145. The average Bonchev–Trinajstić information content (AvgIpc) is 2.36. The first-order valence-corrected chi connectivity index (χ1v) is 5.55. The van der Waals surface area contributed by atoms with E-state index in [9.17, 15) is 9.59 Å². The fourth-order valence-electron chi connectivity index (χ4n) is 1.38. The van der Waals surface area contributed by atoms with Crippen LogP contribution in [0, 0.1) is 0 Å². The van der Waals surface area contributed by atoms with E-state index < -0.39 is 11.9 Å². The summed E-state index contributed by atoms with van der Waals surface area (Å²) in [5.41, 5.74) is 1.20. The second-order valence-electron chi connectivity index (χ2n) is 3.58. The number of benzene rings is 1. The molecule has 5 nitrogen and oxygen atoms in total. The van der Waals surface area contributed by atoms with Crippen LogP contribution >= 0.6 is 0 Å². The molecule has 0 atom stereocenters. The van der Waals surface area contributed by atoms with Crippen LogP contribution in [0.1, 0.15) is 17.3 Å². The van der Waals surface area contributed by atoms with Crippen LogP contribution < -0.4 is 10.2 Å². The van der Waals surface area contributed by atoms with Crippen molar-refractivity contribution >= 4 is 25.2 Å². The summed E-state index contributed by atoms with van der Waals surface area (Å²) in [7, 11) is 3.14. The van der Waals surface area contributed by atoms with Gasteiger partial charge in [0, 0.05) is 0 Å². The molecule has 0 saturated carbocycles. The first-order chi connectivity index (χ1) is 8.58. The number of esters is 2. The van der Waals surface area contributed by atoms with Gasteiger partial charge in [-0.1, -0.05) is 17.6 Å². The number of ether oxygens (including phenoxy) is 3. The summed E-state index contributed by atoms with van der Waals surface area (Å²) < 4.78 is 14.6. The number of hydrogen-bond acceptors (Lipinski definition) is 5. The van der Waals surface area contributed by atoms with Crippen LogP contribution in [0.5, 0.6) is 5.75 Å². The quantitative estimate of drug-likeness (QED) is 0.529. The minimum atomic E-state index is -0.502. The lowest BCUT2D eigenvalue weighted by Gasteiger charge is -2.10. The Labute approximate surface area is 106 Å². The minimum absolute atomic E-state index is 0.235. The molecule has 0 aromatic heterocycles. The van der Waals surface area contributed by atoms with E-state index in [0.29, 0.717) is 17.9 Å². The first-order valence-electron chi connectivity index (χ1n) is 5.55. The number of carbonyl (C=O) groups excluding carboxylic acids is 2. The Hall–Kier alpha value is -1.98. The van der Waals surface area contributed by atoms with Gasteiger partial charge in [0.25, 0.3) is 0 Å². The van der Waals surface area contributed by atoms with E-state index >= 15 is 0 Å². The molecule has 18 heavy (non-hydrogen) atoms. The fourth-order valence-corrected chi connectivity index (χ4v) is 1.38. The first kappa shape index (κ1) is 14.1. The van der Waals surface area contributed by atoms with Gasteiger partial charge in [-0.25, -0.2) is 9.59 Å². The summed E-state index contributed by atoms with van der Waals surface area (Å²) in [6.07, 6.45) is 0. The maximum atomic E-state index is 11.5. The summed E-state index contributed by atoms with van der Waals surface area (Å²) in [4.78, 5) is 22.7. The van der Waals surface area contributed by atoms with E-state index in [-0.39, 0.29) is 6.61 Å². The van der Waals surface area contributed by atoms with E-state index in [1.807, 2.05) is 7.85 Å². The van der Waals surface area contributed by atoms with Gasteiger partial charge in [0.2, 0.25) is 0 Å². The van der Waals surface area contributed by atoms with Crippen molar-refractivity contribution in [3.05, 3.63) is 23.8 Å². The molecule has 0 aliphatic carbocycles. The molecule has 0 spiro atoms. The zero-order chi connectivity index (χ0) is 13.5. The molecule has 0 bridgehead atoms. The molecule has 0 saturated heterocycles. The van der Waals surface area contributed by atoms with E-state index in [1.54, 1.807) is 25.1 Å². The van der Waals surface area contributed by atoms with Crippen LogP contribution in [-0.4, -0.2) is 40.1 Å². The standard InChI is InChI=1S/C12H15BO5/c1-3-17-11(14)7-18-10-5-4-8(13)6-9(10)12(15)16-2/h4-6H,3,7,13H2,1-2H3. The molecule has 1 rings (SSSR count). The van der Waals surface area contributed by atoms with Gasteiger partial charge in [-0.05, 0) is 13.0 Å². The minimum Gasteiger partial charge on any atom is -0.481 e. The molecule has 1 aromatic rings. The van der Waals surface area contributed by atoms with E-state index in [2.05, 4.69) is 4.74 Å². The Kier molecular flexibility index (Phi) is 5.23. The highest BCUT2D eigenvalue weighted by Gasteiger charge is 2.14. The topological polar surface area (TPSA) is 61.8 Å². The highest BCUT2D eigenvalue weighted by Crippen LogP contribution is 2.17. The van der Waals surface area contributed by atoms with E-state index in [1.165, 1.54) is 7.11 Å². The van der Waals surface area contributed by atoms with Crippen LogP contribution in [0.2, 0.25) is 0 Å². The van der Waals surface area contributed by atoms with Gasteiger partial charge in [0.05, 0.1) is 13.7 Å². The van der Waals surface area contributed by atoms with E-state index in [0.717, 1.165) is 5.46 Å². The average molecular weight is 250 g/mol. The molecule has 0 aliphatic heterocycles. The monoisotopic (exact) mass is 250 g/mol. The molecule has 96 valence electrons. The van der Waals surface area contributed by atoms with Crippen LogP contribution in [0.25, 0.3) is 0 Å². The molecule has 0 aliphatic rings. The summed E-state index contributed by atoms with van der Waals surface area (Å²) in [5, 5.41) is 0. The number of hydrogen-bond donors (Lipinski definition) is 0.